The minimum absolute atomic E-state index is 0.000638. The molecule has 0 aliphatic rings. The van der Waals surface area contributed by atoms with Gasteiger partial charge in [0.05, 0.1) is 11.5 Å². The van der Waals surface area contributed by atoms with Gasteiger partial charge in [-0.3, -0.25) is 19.6 Å². The minimum atomic E-state index is -0.463. The van der Waals surface area contributed by atoms with E-state index in [1.807, 2.05) is 0 Å². The van der Waals surface area contributed by atoms with Gasteiger partial charge in [0, 0.05) is 19.6 Å². The van der Waals surface area contributed by atoms with Gasteiger partial charge in [0.25, 0.3) is 0 Å². The highest BCUT2D eigenvalue weighted by Gasteiger charge is 2.21. The van der Waals surface area contributed by atoms with Crippen molar-refractivity contribution in [1.82, 2.24) is 15.1 Å². The second-order valence-electron chi connectivity index (χ2n) is 4.18. The van der Waals surface area contributed by atoms with Crippen molar-refractivity contribution in [1.29, 1.82) is 0 Å². The Balaban J connectivity index is 2.57. The Hall–Kier alpha value is -1.96. The van der Waals surface area contributed by atoms with Gasteiger partial charge in [-0.05, 0) is 20.3 Å². The number of rotatable bonds is 7. The molecule has 1 rings (SSSR count). The molecular formula is C11H18N4O4. The standard InChI is InChI=1S/C11H18N4O4/c1-8-11(15(18)19)9(2)14(13-8)6-4-10(17)12-5-3-7-16/h16H,3-7H2,1-2H3,(H,12,17). The molecule has 0 saturated carbocycles. The second-order valence-corrected chi connectivity index (χ2v) is 4.18. The first kappa shape index (κ1) is 15.1. The Morgan fingerprint density at radius 1 is 1.53 bits per heavy atom. The molecule has 0 saturated heterocycles. The number of aliphatic hydroxyl groups excluding tert-OH is 1. The lowest BCUT2D eigenvalue weighted by atomic mass is 10.3. The van der Waals surface area contributed by atoms with Gasteiger partial charge in [0.2, 0.25) is 5.91 Å². The van der Waals surface area contributed by atoms with Gasteiger partial charge >= 0.3 is 5.69 Å². The number of carbonyl (C=O) groups is 1. The summed E-state index contributed by atoms with van der Waals surface area (Å²) in [4.78, 5) is 21.8. The highest BCUT2D eigenvalue weighted by molar-refractivity contribution is 5.75. The Morgan fingerprint density at radius 2 is 2.21 bits per heavy atom. The van der Waals surface area contributed by atoms with Gasteiger partial charge in [-0.2, -0.15) is 5.10 Å². The van der Waals surface area contributed by atoms with Crippen molar-refractivity contribution in [2.45, 2.75) is 33.2 Å². The SMILES string of the molecule is Cc1nn(CCC(=O)NCCCO)c(C)c1[N+](=O)[O-]. The van der Waals surface area contributed by atoms with E-state index in [1.54, 1.807) is 13.8 Å². The largest absolute Gasteiger partial charge is 0.396 e. The average molecular weight is 270 g/mol. The molecule has 2 N–H and O–H groups in total. The lowest BCUT2D eigenvalue weighted by Gasteiger charge is -2.05. The Kier molecular flexibility index (Phi) is 5.43. The number of carbonyl (C=O) groups excluding carboxylic acids is 1. The van der Waals surface area contributed by atoms with Crippen molar-refractivity contribution >= 4 is 11.6 Å². The van der Waals surface area contributed by atoms with Crippen molar-refractivity contribution < 1.29 is 14.8 Å². The number of nitrogens with one attached hydrogen (secondary N) is 1. The number of nitrogens with zero attached hydrogens (tertiary/aromatic N) is 3. The van der Waals surface area contributed by atoms with Crippen LogP contribution in [-0.4, -0.2) is 38.9 Å². The second kappa shape index (κ2) is 6.83. The molecule has 0 aliphatic heterocycles. The molecule has 1 amide bonds. The summed E-state index contributed by atoms with van der Waals surface area (Å²) >= 11 is 0. The van der Waals surface area contributed by atoms with Crippen LogP contribution in [0.4, 0.5) is 5.69 Å². The summed E-state index contributed by atoms with van der Waals surface area (Å²) in [5.41, 5.74) is 0.800. The van der Waals surface area contributed by atoms with Gasteiger partial charge in [-0.15, -0.1) is 0 Å². The predicted octanol–water partition coefficient (Wildman–Crippen LogP) is 0.297. The number of aryl methyl sites for hydroxylation is 2. The number of aliphatic hydroxyl groups is 1. The molecule has 8 heteroatoms. The van der Waals surface area contributed by atoms with Gasteiger partial charge in [0.1, 0.15) is 11.4 Å². The molecule has 0 radical (unpaired) electrons. The minimum Gasteiger partial charge on any atom is -0.396 e. The van der Waals surface area contributed by atoms with Crippen LogP contribution in [0.1, 0.15) is 24.2 Å². The normalized spacial score (nSPS) is 10.5. The van der Waals surface area contributed by atoms with Crippen molar-refractivity contribution in [2.24, 2.45) is 0 Å². The quantitative estimate of drug-likeness (QED) is 0.420. The fourth-order valence-corrected chi connectivity index (χ4v) is 1.77. The number of hydrogen-bond acceptors (Lipinski definition) is 5. The number of hydrogen-bond donors (Lipinski definition) is 2. The zero-order chi connectivity index (χ0) is 14.4. The van der Waals surface area contributed by atoms with Crippen LogP contribution in [0, 0.1) is 24.0 Å². The van der Waals surface area contributed by atoms with E-state index in [0.29, 0.717) is 30.9 Å². The molecule has 0 bridgehead atoms. The first-order valence-electron chi connectivity index (χ1n) is 6.03. The zero-order valence-electron chi connectivity index (χ0n) is 11.0. The van der Waals surface area contributed by atoms with Crippen LogP contribution in [0.5, 0.6) is 0 Å². The molecule has 8 nitrogen and oxygen atoms in total. The summed E-state index contributed by atoms with van der Waals surface area (Å²) in [6.45, 7) is 3.94. The summed E-state index contributed by atoms with van der Waals surface area (Å²) < 4.78 is 1.47. The van der Waals surface area contributed by atoms with E-state index in [-0.39, 0.29) is 24.6 Å². The van der Waals surface area contributed by atoms with Gasteiger partial charge in [0.15, 0.2) is 0 Å². The van der Waals surface area contributed by atoms with Crippen molar-refractivity contribution in [3.05, 3.63) is 21.5 Å². The first-order chi connectivity index (χ1) is 8.97. The Labute approximate surface area is 110 Å². The zero-order valence-corrected chi connectivity index (χ0v) is 11.0. The molecule has 19 heavy (non-hydrogen) atoms. The highest BCUT2D eigenvalue weighted by atomic mass is 16.6. The third kappa shape index (κ3) is 4.02. The maximum Gasteiger partial charge on any atom is 0.312 e. The van der Waals surface area contributed by atoms with E-state index < -0.39 is 4.92 Å². The number of nitro groups is 1. The fraction of sp³-hybridized carbons (Fsp3) is 0.636. The lowest BCUT2D eigenvalue weighted by molar-refractivity contribution is -0.386. The van der Waals surface area contributed by atoms with Crippen molar-refractivity contribution in [3.8, 4) is 0 Å². The van der Waals surface area contributed by atoms with E-state index in [0.717, 1.165) is 0 Å². The summed E-state index contributed by atoms with van der Waals surface area (Å²) in [6.07, 6.45) is 0.710. The monoisotopic (exact) mass is 270 g/mol. The van der Waals surface area contributed by atoms with Crippen LogP contribution in [-0.2, 0) is 11.3 Å². The Bertz CT molecular complexity index is 470. The predicted molar refractivity (Wildman–Crippen MR) is 67.7 cm³/mol. The highest BCUT2D eigenvalue weighted by Crippen LogP contribution is 2.21. The van der Waals surface area contributed by atoms with Crippen LogP contribution >= 0.6 is 0 Å². The summed E-state index contributed by atoms with van der Waals surface area (Å²) in [7, 11) is 0. The average Bonchev–Trinajstić information content (AvgIpc) is 2.62. The molecule has 0 aromatic carbocycles. The smallest absolute Gasteiger partial charge is 0.312 e. The molecule has 1 heterocycles. The maximum absolute atomic E-state index is 11.5. The van der Waals surface area contributed by atoms with Crippen molar-refractivity contribution in [2.75, 3.05) is 13.2 Å². The molecule has 0 fully saturated rings. The van der Waals surface area contributed by atoms with E-state index in [1.165, 1.54) is 4.68 Å². The summed E-state index contributed by atoms with van der Waals surface area (Å²) in [5, 5.41) is 26.1. The third-order valence-electron chi connectivity index (χ3n) is 2.73. The molecule has 0 aliphatic carbocycles. The van der Waals surface area contributed by atoms with E-state index >= 15 is 0 Å². The van der Waals surface area contributed by atoms with Crippen LogP contribution in [0.3, 0.4) is 0 Å². The fourth-order valence-electron chi connectivity index (χ4n) is 1.77. The summed E-state index contributed by atoms with van der Waals surface area (Å²) in [5.74, 6) is -0.163. The number of aromatic nitrogens is 2. The third-order valence-corrected chi connectivity index (χ3v) is 2.73. The van der Waals surface area contributed by atoms with Crippen LogP contribution in [0.25, 0.3) is 0 Å². The van der Waals surface area contributed by atoms with Gasteiger partial charge in [-0.25, -0.2) is 0 Å². The molecule has 106 valence electrons. The maximum atomic E-state index is 11.5. The first-order valence-corrected chi connectivity index (χ1v) is 6.03. The van der Waals surface area contributed by atoms with Gasteiger partial charge in [-0.1, -0.05) is 0 Å². The molecule has 0 unspecified atom stereocenters. The van der Waals surface area contributed by atoms with E-state index in [9.17, 15) is 14.9 Å². The molecular weight excluding hydrogens is 252 g/mol. The van der Waals surface area contributed by atoms with Crippen LogP contribution in [0.2, 0.25) is 0 Å². The van der Waals surface area contributed by atoms with Crippen LogP contribution in [0.15, 0.2) is 0 Å². The van der Waals surface area contributed by atoms with Crippen molar-refractivity contribution in [3.63, 3.8) is 0 Å². The number of amides is 1. The van der Waals surface area contributed by atoms with Crippen LogP contribution < -0.4 is 5.32 Å². The molecule has 1 aromatic heterocycles. The summed E-state index contributed by atoms with van der Waals surface area (Å²) in [6, 6.07) is 0. The molecule has 0 spiro atoms. The van der Waals surface area contributed by atoms with E-state index in [2.05, 4.69) is 10.4 Å². The van der Waals surface area contributed by atoms with E-state index in [4.69, 9.17) is 5.11 Å². The molecule has 1 aromatic rings. The Morgan fingerprint density at radius 3 is 2.74 bits per heavy atom. The molecule has 0 atom stereocenters. The lowest BCUT2D eigenvalue weighted by Crippen LogP contribution is -2.26. The van der Waals surface area contributed by atoms with Gasteiger partial charge < -0.3 is 10.4 Å². The topological polar surface area (TPSA) is 110 Å².